The second-order valence-electron chi connectivity index (χ2n) is 4.04. The maximum Gasteiger partial charge on any atom is 0.167 e. The molecule has 0 unspecified atom stereocenters. The van der Waals surface area contributed by atoms with Gasteiger partial charge in [-0.15, -0.1) is 0 Å². The minimum absolute atomic E-state index is 0.0785. The summed E-state index contributed by atoms with van der Waals surface area (Å²) in [5.74, 6) is -0.469. The molecular formula is C15H12BrFO2. The smallest absolute Gasteiger partial charge is 0.167 e. The molecule has 0 saturated heterocycles. The maximum atomic E-state index is 13.3. The van der Waals surface area contributed by atoms with E-state index in [9.17, 15) is 9.18 Å². The number of halogens is 2. The number of benzene rings is 2. The number of ketones is 1. The first-order valence-electron chi connectivity index (χ1n) is 5.72. The van der Waals surface area contributed by atoms with Crippen molar-refractivity contribution in [3.8, 4) is 5.75 Å². The molecule has 2 nitrogen and oxygen atoms in total. The zero-order chi connectivity index (χ0) is 13.8. The van der Waals surface area contributed by atoms with Crippen LogP contribution in [0.15, 0.2) is 46.9 Å². The third-order valence-corrected chi connectivity index (χ3v) is 3.56. The molecule has 0 radical (unpaired) electrons. The fourth-order valence-corrected chi connectivity index (χ4v) is 2.17. The van der Waals surface area contributed by atoms with E-state index in [-0.39, 0.29) is 18.0 Å². The van der Waals surface area contributed by atoms with E-state index >= 15 is 0 Å². The molecule has 0 aromatic heterocycles. The SMILES string of the molecule is COc1cc(C(=O)Cc2ccccc2Br)ccc1F. The van der Waals surface area contributed by atoms with E-state index in [1.807, 2.05) is 24.3 Å². The van der Waals surface area contributed by atoms with Crippen LogP contribution in [0.5, 0.6) is 5.75 Å². The van der Waals surface area contributed by atoms with Crippen LogP contribution in [-0.2, 0) is 6.42 Å². The minimum Gasteiger partial charge on any atom is -0.494 e. The zero-order valence-electron chi connectivity index (χ0n) is 10.3. The van der Waals surface area contributed by atoms with Gasteiger partial charge in [0.15, 0.2) is 17.3 Å². The van der Waals surface area contributed by atoms with Gasteiger partial charge < -0.3 is 4.74 Å². The topological polar surface area (TPSA) is 26.3 Å². The second-order valence-corrected chi connectivity index (χ2v) is 4.90. The van der Waals surface area contributed by atoms with Crippen molar-refractivity contribution >= 4 is 21.7 Å². The highest BCUT2D eigenvalue weighted by molar-refractivity contribution is 9.10. The normalized spacial score (nSPS) is 10.3. The summed E-state index contributed by atoms with van der Waals surface area (Å²) in [7, 11) is 1.38. The molecule has 0 amide bonds. The van der Waals surface area contributed by atoms with Gasteiger partial charge >= 0.3 is 0 Å². The molecule has 4 heteroatoms. The molecule has 2 aromatic rings. The summed E-state index contributed by atoms with van der Waals surface area (Å²) < 4.78 is 19.0. The first-order valence-corrected chi connectivity index (χ1v) is 6.51. The van der Waals surface area contributed by atoms with E-state index in [4.69, 9.17) is 4.74 Å². The van der Waals surface area contributed by atoms with Gasteiger partial charge in [-0.1, -0.05) is 34.1 Å². The Labute approximate surface area is 119 Å². The maximum absolute atomic E-state index is 13.3. The lowest BCUT2D eigenvalue weighted by Gasteiger charge is -2.06. The molecule has 2 rings (SSSR count). The number of hydrogen-bond donors (Lipinski definition) is 0. The van der Waals surface area contributed by atoms with Crippen molar-refractivity contribution in [3.05, 3.63) is 63.9 Å². The van der Waals surface area contributed by atoms with Crippen molar-refractivity contribution in [1.29, 1.82) is 0 Å². The molecule has 0 atom stereocenters. The van der Waals surface area contributed by atoms with Crippen LogP contribution < -0.4 is 4.74 Å². The van der Waals surface area contributed by atoms with Gasteiger partial charge in [0.25, 0.3) is 0 Å². The Morgan fingerprint density at radius 1 is 1.26 bits per heavy atom. The standard InChI is InChI=1S/C15H12BrFO2/c1-19-15-9-11(6-7-13(15)17)14(18)8-10-4-2-3-5-12(10)16/h2-7,9H,8H2,1H3. The number of hydrogen-bond acceptors (Lipinski definition) is 2. The van der Waals surface area contributed by atoms with Crippen molar-refractivity contribution in [3.63, 3.8) is 0 Å². The van der Waals surface area contributed by atoms with Crippen molar-refractivity contribution in [2.75, 3.05) is 7.11 Å². The van der Waals surface area contributed by atoms with Gasteiger partial charge in [-0.3, -0.25) is 4.79 Å². The van der Waals surface area contributed by atoms with Crippen molar-refractivity contribution in [1.82, 2.24) is 0 Å². The van der Waals surface area contributed by atoms with Gasteiger partial charge in [0.2, 0.25) is 0 Å². The molecule has 0 N–H and O–H groups in total. The predicted molar refractivity (Wildman–Crippen MR) is 75.1 cm³/mol. The second kappa shape index (κ2) is 5.97. The average Bonchev–Trinajstić information content (AvgIpc) is 2.42. The summed E-state index contributed by atoms with van der Waals surface area (Å²) in [6, 6.07) is 11.7. The highest BCUT2D eigenvalue weighted by atomic mass is 79.9. The Morgan fingerprint density at radius 3 is 2.68 bits per heavy atom. The van der Waals surface area contributed by atoms with Gasteiger partial charge in [-0.05, 0) is 29.8 Å². The summed E-state index contributed by atoms with van der Waals surface area (Å²) in [4.78, 5) is 12.1. The van der Waals surface area contributed by atoms with E-state index in [1.165, 1.54) is 25.3 Å². The molecule has 0 saturated carbocycles. The van der Waals surface area contributed by atoms with Crippen molar-refractivity contribution in [2.45, 2.75) is 6.42 Å². The summed E-state index contributed by atoms with van der Waals surface area (Å²) >= 11 is 3.40. The Bertz CT molecular complexity index is 611. The lowest BCUT2D eigenvalue weighted by molar-refractivity contribution is 0.0992. The third kappa shape index (κ3) is 3.20. The lowest BCUT2D eigenvalue weighted by atomic mass is 10.0. The molecule has 98 valence electrons. The average molecular weight is 323 g/mol. The number of carbonyl (C=O) groups excluding carboxylic acids is 1. The number of carbonyl (C=O) groups is 1. The van der Waals surface area contributed by atoms with Gasteiger partial charge in [-0.2, -0.15) is 0 Å². The van der Waals surface area contributed by atoms with Crippen LogP contribution in [0.25, 0.3) is 0 Å². The van der Waals surface area contributed by atoms with Crippen LogP contribution in [0.2, 0.25) is 0 Å². The summed E-state index contributed by atoms with van der Waals surface area (Å²) in [6.45, 7) is 0. The fraction of sp³-hybridized carbons (Fsp3) is 0.133. The van der Waals surface area contributed by atoms with Gasteiger partial charge in [0, 0.05) is 16.5 Å². The van der Waals surface area contributed by atoms with Crippen LogP contribution in [0.4, 0.5) is 4.39 Å². The van der Waals surface area contributed by atoms with Crippen LogP contribution in [-0.4, -0.2) is 12.9 Å². The summed E-state index contributed by atoms with van der Waals surface area (Å²) in [5.41, 5.74) is 1.34. The zero-order valence-corrected chi connectivity index (χ0v) is 11.9. The van der Waals surface area contributed by atoms with E-state index < -0.39 is 5.82 Å². The highest BCUT2D eigenvalue weighted by Gasteiger charge is 2.12. The number of Topliss-reactive ketones (excluding diaryl/α,β-unsaturated/α-hetero) is 1. The molecule has 0 fully saturated rings. The Morgan fingerprint density at radius 2 is 2.00 bits per heavy atom. The number of rotatable bonds is 4. The molecule has 0 aliphatic carbocycles. The first-order chi connectivity index (χ1) is 9.11. The van der Waals surface area contributed by atoms with Crippen LogP contribution in [0.1, 0.15) is 15.9 Å². The molecular weight excluding hydrogens is 311 g/mol. The van der Waals surface area contributed by atoms with Crippen molar-refractivity contribution in [2.24, 2.45) is 0 Å². The Balaban J connectivity index is 2.23. The van der Waals surface area contributed by atoms with Gasteiger partial charge in [0.05, 0.1) is 7.11 Å². The van der Waals surface area contributed by atoms with Crippen molar-refractivity contribution < 1.29 is 13.9 Å². The monoisotopic (exact) mass is 322 g/mol. The fourth-order valence-electron chi connectivity index (χ4n) is 1.75. The van der Waals surface area contributed by atoms with E-state index in [2.05, 4.69) is 15.9 Å². The van der Waals surface area contributed by atoms with Gasteiger partial charge in [-0.25, -0.2) is 4.39 Å². The van der Waals surface area contributed by atoms with Gasteiger partial charge in [0.1, 0.15) is 0 Å². The highest BCUT2D eigenvalue weighted by Crippen LogP contribution is 2.21. The molecule has 0 heterocycles. The largest absolute Gasteiger partial charge is 0.494 e. The number of methoxy groups -OCH3 is 1. The Kier molecular flexibility index (Phi) is 4.32. The molecule has 0 bridgehead atoms. The summed E-state index contributed by atoms with van der Waals surface area (Å²) in [6.07, 6.45) is 0.260. The predicted octanol–water partition coefficient (Wildman–Crippen LogP) is 4.02. The molecule has 19 heavy (non-hydrogen) atoms. The molecule has 0 aliphatic heterocycles. The lowest BCUT2D eigenvalue weighted by Crippen LogP contribution is -2.05. The third-order valence-electron chi connectivity index (χ3n) is 2.78. The quantitative estimate of drug-likeness (QED) is 0.795. The van der Waals surface area contributed by atoms with Crippen LogP contribution >= 0.6 is 15.9 Å². The van der Waals surface area contributed by atoms with Crippen LogP contribution in [0.3, 0.4) is 0 Å². The Hall–Kier alpha value is -1.68. The van der Waals surface area contributed by atoms with E-state index in [0.29, 0.717) is 5.56 Å². The number of ether oxygens (including phenoxy) is 1. The van der Waals surface area contributed by atoms with Crippen LogP contribution in [0, 0.1) is 5.82 Å². The van der Waals surface area contributed by atoms with E-state index in [1.54, 1.807) is 0 Å². The first kappa shape index (κ1) is 13.7. The molecule has 0 aliphatic rings. The molecule has 2 aromatic carbocycles. The van der Waals surface area contributed by atoms with E-state index in [0.717, 1.165) is 10.0 Å². The molecule has 0 spiro atoms. The minimum atomic E-state index is -0.472. The summed E-state index contributed by atoms with van der Waals surface area (Å²) in [5, 5.41) is 0.